The van der Waals surface area contributed by atoms with Crippen LogP contribution in [0.25, 0.3) is 0 Å². The van der Waals surface area contributed by atoms with Crippen molar-refractivity contribution in [1.29, 1.82) is 0 Å². The molecular weight excluding hydrogens is 348 g/mol. The number of nitrogens with zero attached hydrogens (tertiary/aromatic N) is 2. The normalized spacial score (nSPS) is 18.0. The highest BCUT2D eigenvalue weighted by Gasteiger charge is 2.20. The van der Waals surface area contributed by atoms with Crippen LogP contribution in [0.4, 0.5) is 22.7 Å². The molecule has 0 unspecified atom stereocenters. The van der Waals surface area contributed by atoms with Crippen LogP contribution in [-0.4, -0.2) is 32.1 Å². The molecule has 1 amide bonds. The Balaban J connectivity index is 0.000000139. The van der Waals surface area contributed by atoms with E-state index in [2.05, 4.69) is 46.3 Å². The number of carbonyl (C=O) groups excluding carboxylic acids is 1. The summed E-state index contributed by atoms with van der Waals surface area (Å²) < 4.78 is 0. The summed E-state index contributed by atoms with van der Waals surface area (Å²) in [5.41, 5.74) is 12.6. The molecule has 0 aromatic heterocycles. The van der Waals surface area contributed by atoms with Gasteiger partial charge in [-0.3, -0.25) is 4.79 Å². The molecule has 5 rings (SSSR count). The van der Waals surface area contributed by atoms with Crippen molar-refractivity contribution in [1.82, 2.24) is 0 Å². The fourth-order valence-electron chi connectivity index (χ4n) is 4.22. The maximum atomic E-state index is 11.2. The SMILES string of the molecule is Cc1cc(N2CCCC2)ccc1N.O=C1Cc2cc(N3CCCC3)ccc2N1. The molecule has 3 N–H and O–H groups in total. The van der Waals surface area contributed by atoms with Crippen molar-refractivity contribution in [3.05, 3.63) is 47.5 Å². The number of anilines is 4. The molecule has 5 heteroatoms. The molecule has 3 aliphatic heterocycles. The van der Waals surface area contributed by atoms with E-state index in [1.165, 1.54) is 55.7 Å². The minimum Gasteiger partial charge on any atom is -0.399 e. The van der Waals surface area contributed by atoms with Gasteiger partial charge in [0.15, 0.2) is 0 Å². The zero-order valence-corrected chi connectivity index (χ0v) is 16.7. The van der Waals surface area contributed by atoms with Gasteiger partial charge in [0.25, 0.3) is 0 Å². The highest BCUT2D eigenvalue weighted by Crippen LogP contribution is 2.29. The van der Waals surface area contributed by atoms with E-state index < -0.39 is 0 Å². The lowest BCUT2D eigenvalue weighted by molar-refractivity contribution is -0.115. The van der Waals surface area contributed by atoms with Gasteiger partial charge < -0.3 is 20.9 Å². The predicted molar refractivity (Wildman–Crippen MR) is 117 cm³/mol. The number of aryl methyl sites for hydroxylation is 1. The van der Waals surface area contributed by atoms with Crippen LogP contribution in [0.15, 0.2) is 36.4 Å². The van der Waals surface area contributed by atoms with Crippen molar-refractivity contribution in [2.75, 3.05) is 47.0 Å². The summed E-state index contributed by atoms with van der Waals surface area (Å²) in [4.78, 5) is 16.0. The maximum Gasteiger partial charge on any atom is 0.228 e. The molecule has 0 radical (unpaired) electrons. The number of nitrogens with one attached hydrogen (secondary N) is 1. The average Bonchev–Trinajstić information content (AvgIpc) is 3.45. The number of fused-ring (bicyclic) bond motifs is 1. The zero-order valence-electron chi connectivity index (χ0n) is 16.7. The standard InChI is InChI=1S/C12H14N2O.C11H16N2/c15-12-8-9-7-10(3-4-11(9)13-12)14-5-1-2-6-14;1-9-8-10(4-5-11(9)12)13-6-2-3-7-13/h3-4,7H,1-2,5-6,8H2,(H,13,15);4-5,8H,2-3,6-7,12H2,1H3. The Bertz CT molecular complexity index is 852. The minimum atomic E-state index is 0.114. The first-order chi connectivity index (χ1) is 13.6. The van der Waals surface area contributed by atoms with E-state index in [4.69, 9.17) is 5.73 Å². The fourth-order valence-corrected chi connectivity index (χ4v) is 4.22. The third-order valence-electron chi connectivity index (χ3n) is 5.91. The fraction of sp³-hybridized carbons (Fsp3) is 0.435. The summed E-state index contributed by atoms with van der Waals surface area (Å²) in [6.07, 6.45) is 5.76. The maximum absolute atomic E-state index is 11.2. The Hall–Kier alpha value is -2.69. The van der Waals surface area contributed by atoms with Gasteiger partial charge in [0.2, 0.25) is 5.91 Å². The van der Waals surface area contributed by atoms with Crippen molar-refractivity contribution >= 4 is 28.7 Å². The Morgan fingerprint density at radius 2 is 1.43 bits per heavy atom. The van der Waals surface area contributed by atoms with E-state index in [1.807, 2.05) is 12.1 Å². The molecule has 0 bridgehead atoms. The van der Waals surface area contributed by atoms with Crippen molar-refractivity contribution < 1.29 is 4.79 Å². The molecule has 0 aliphatic carbocycles. The topological polar surface area (TPSA) is 61.6 Å². The summed E-state index contributed by atoms with van der Waals surface area (Å²) in [5.74, 6) is 0.114. The number of carbonyl (C=O) groups is 1. The molecule has 28 heavy (non-hydrogen) atoms. The first kappa shape index (κ1) is 18.7. The number of benzene rings is 2. The molecule has 0 spiro atoms. The molecule has 3 aliphatic rings. The van der Waals surface area contributed by atoms with Gasteiger partial charge in [0.05, 0.1) is 6.42 Å². The molecule has 2 aromatic rings. The predicted octanol–water partition coefficient (Wildman–Crippen LogP) is 3.96. The number of hydrogen-bond donors (Lipinski definition) is 2. The lowest BCUT2D eigenvalue weighted by Crippen LogP contribution is -2.17. The van der Waals surface area contributed by atoms with Crippen molar-refractivity contribution in [3.63, 3.8) is 0 Å². The van der Waals surface area contributed by atoms with E-state index in [1.54, 1.807) is 0 Å². The van der Waals surface area contributed by atoms with Gasteiger partial charge >= 0.3 is 0 Å². The average molecular weight is 379 g/mol. The Kier molecular flexibility index (Phi) is 5.42. The van der Waals surface area contributed by atoms with Crippen LogP contribution in [0.2, 0.25) is 0 Å². The summed E-state index contributed by atoms with van der Waals surface area (Å²) in [5, 5.41) is 2.86. The first-order valence-corrected chi connectivity index (χ1v) is 10.4. The Morgan fingerprint density at radius 3 is 2.04 bits per heavy atom. The molecule has 3 heterocycles. The number of nitrogen functional groups attached to an aromatic ring is 1. The molecule has 2 fully saturated rings. The van der Waals surface area contributed by atoms with Gasteiger partial charge in [-0.25, -0.2) is 0 Å². The summed E-state index contributed by atoms with van der Waals surface area (Å²) >= 11 is 0. The van der Waals surface area contributed by atoms with Crippen LogP contribution >= 0.6 is 0 Å². The summed E-state index contributed by atoms with van der Waals surface area (Å²) in [6.45, 7) is 6.77. The van der Waals surface area contributed by atoms with E-state index >= 15 is 0 Å². The minimum absolute atomic E-state index is 0.114. The molecule has 0 saturated carbocycles. The smallest absolute Gasteiger partial charge is 0.228 e. The third-order valence-corrected chi connectivity index (χ3v) is 5.91. The van der Waals surface area contributed by atoms with E-state index in [0.717, 1.165) is 30.0 Å². The monoisotopic (exact) mass is 378 g/mol. The van der Waals surface area contributed by atoms with Crippen molar-refractivity contribution in [2.24, 2.45) is 0 Å². The van der Waals surface area contributed by atoms with Crippen LogP contribution in [0.5, 0.6) is 0 Å². The summed E-state index contributed by atoms with van der Waals surface area (Å²) in [7, 11) is 0. The zero-order chi connectivity index (χ0) is 19.5. The lowest BCUT2D eigenvalue weighted by Gasteiger charge is -2.18. The van der Waals surface area contributed by atoms with Gasteiger partial charge in [0, 0.05) is 48.9 Å². The van der Waals surface area contributed by atoms with E-state index in [0.29, 0.717) is 6.42 Å². The number of nitrogens with two attached hydrogens (primary N) is 1. The van der Waals surface area contributed by atoms with E-state index in [9.17, 15) is 4.79 Å². The second kappa shape index (κ2) is 8.13. The van der Waals surface area contributed by atoms with Crippen LogP contribution in [0.1, 0.15) is 36.8 Å². The van der Waals surface area contributed by atoms with Crippen LogP contribution < -0.4 is 20.9 Å². The Morgan fingerprint density at radius 1 is 0.857 bits per heavy atom. The number of rotatable bonds is 2. The second-order valence-corrected chi connectivity index (χ2v) is 8.00. The van der Waals surface area contributed by atoms with Gasteiger partial charge in [-0.1, -0.05) is 0 Å². The third kappa shape index (κ3) is 4.08. The molecule has 0 atom stereocenters. The van der Waals surface area contributed by atoms with Crippen LogP contribution in [0, 0.1) is 6.92 Å². The quantitative estimate of drug-likeness (QED) is 0.777. The van der Waals surface area contributed by atoms with Crippen LogP contribution in [0.3, 0.4) is 0 Å². The molecule has 5 nitrogen and oxygen atoms in total. The molecule has 2 aromatic carbocycles. The first-order valence-electron chi connectivity index (χ1n) is 10.4. The highest BCUT2D eigenvalue weighted by molar-refractivity contribution is 5.99. The van der Waals surface area contributed by atoms with Crippen LogP contribution in [-0.2, 0) is 11.2 Å². The number of hydrogen-bond acceptors (Lipinski definition) is 4. The molecule has 2 saturated heterocycles. The number of amides is 1. The largest absolute Gasteiger partial charge is 0.399 e. The Labute approximate surface area is 167 Å². The summed E-state index contributed by atoms with van der Waals surface area (Å²) in [6, 6.07) is 12.6. The van der Waals surface area contributed by atoms with Gasteiger partial charge in [-0.15, -0.1) is 0 Å². The van der Waals surface area contributed by atoms with E-state index in [-0.39, 0.29) is 5.91 Å². The molecular formula is C23H30N4O. The highest BCUT2D eigenvalue weighted by atomic mass is 16.1. The second-order valence-electron chi connectivity index (χ2n) is 8.00. The van der Waals surface area contributed by atoms with Crippen molar-refractivity contribution in [3.8, 4) is 0 Å². The molecule has 148 valence electrons. The van der Waals surface area contributed by atoms with Gasteiger partial charge in [0.1, 0.15) is 0 Å². The van der Waals surface area contributed by atoms with Gasteiger partial charge in [-0.05, 0) is 80.1 Å². The van der Waals surface area contributed by atoms with Crippen molar-refractivity contribution in [2.45, 2.75) is 39.0 Å². The lowest BCUT2D eigenvalue weighted by atomic mass is 10.1. The van der Waals surface area contributed by atoms with Gasteiger partial charge in [-0.2, -0.15) is 0 Å².